The molecule has 0 bridgehead atoms. The Morgan fingerprint density at radius 2 is 1.65 bits per heavy atom. The summed E-state index contributed by atoms with van der Waals surface area (Å²) in [6.45, 7) is 0. The molecular weight excluding hydrogens is 406 g/mol. The minimum Gasteiger partial charge on any atom is -0.319 e. The van der Waals surface area contributed by atoms with Gasteiger partial charge in [0.25, 0.3) is 11.8 Å². The Bertz CT molecular complexity index is 1270. The minimum atomic E-state index is -0.663. The smallest absolute Gasteiger partial charge is 0.275 e. The van der Waals surface area contributed by atoms with E-state index in [-0.39, 0.29) is 16.9 Å². The van der Waals surface area contributed by atoms with E-state index in [9.17, 15) is 18.4 Å². The Morgan fingerprint density at radius 3 is 2.45 bits per heavy atom. The van der Waals surface area contributed by atoms with E-state index in [0.717, 1.165) is 12.3 Å². The topological polar surface area (TPSA) is 113 Å². The molecule has 0 fully saturated rings. The predicted molar refractivity (Wildman–Crippen MR) is 108 cm³/mol. The number of hydrogen-bond donors (Lipinski definition) is 3. The summed E-state index contributed by atoms with van der Waals surface area (Å²) in [5.74, 6) is -2.30. The number of carbonyl (C=O) groups excluding carboxylic acids is 2. The van der Waals surface area contributed by atoms with E-state index < -0.39 is 23.4 Å². The van der Waals surface area contributed by atoms with Gasteiger partial charge < -0.3 is 10.6 Å². The van der Waals surface area contributed by atoms with Crippen molar-refractivity contribution >= 4 is 23.2 Å². The van der Waals surface area contributed by atoms with Crippen molar-refractivity contribution in [1.82, 2.24) is 20.2 Å². The fourth-order valence-corrected chi connectivity index (χ4v) is 2.81. The highest BCUT2D eigenvalue weighted by Crippen LogP contribution is 2.23. The number of nitrogens with zero attached hydrogens (tertiary/aromatic N) is 3. The molecule has 4 aromatic rings. The van der Waals surface area contributed by atoms with E-state index >= 15 is 0 Å². The normalized spacial score (nSPS) is 10.5. The molecule has 3 aromatic heterocycles. The standard InChI is InChI=1S/C21H14F2N6O2/c22-15-3-1-2-12(4-15)13-6-17(10-25-7-13)27-21(31)19-18(11-26-29-19)28-20(30)14-5-16(23)9-24-8-14/h1-11H,(H,26,29)(H,27,31)(H,28,30). The third-order valence-electron chi connectivity index (χ3n) is 4.24. The molecule has 0 saturated heterocycles. The number of H-pyrrole nitrogens is 1. The summed E-state index contributed by atoms with van der Waals surface area (Å²) in [7, 11) is 0. The summed E-state index contributed by atoms with van der Waals surface area (Å²) in [6, 6.07) is 8.63. The van der Waals surface area contributed by atoms with Crippen LogP contribution in [0.2, 0.25) is 0 Å². The van der Waals surface area contributed by atoms with Gasteiger partial charge in [0.15, 0.2) is 0 Å². The zero-order valence-electron chi connectivity index (χ0n) is 15.8. The average Bonchev–Trinajstić information content (AvgIpc) is 3.22. The van der Waals surface area contributed by atoms with Gasteiger partial charge in [-0.2, -0.15) is 5.10 Å². The van der Waals surface area contributed by atoms with Gasteiger partial charge in [-0.05, 0) is 29.8 Å². The van der Waals surface area contributed by atoms with Gasteiger partial charge in [-0.1, -0.05) is 12.1 Å². The summed E-state index contributed by atoms with van der Waals surface area (Å²) in [5.41, 5.74) is 1.62. The van der Waals surface area contributed by atoms with Gasteiger partial charge in [-0.3, -0.25) is 24.7 Å². The number of carbonyl (C=O) groups is 2. The molecule has 10 heteroatoms. The largest absolute Gasteiger partial charge is 0.319 e. The second kappa shape index (κ2) is 8.49. The van der Waals surface area contributed by atoms with Gasteiger partial charge in [0.05, 0.1) is 35.5 Å². The maximum absolute atomic E-state index is 13.5. The Balaban J connectivity index is 1.51. The van der Waals surface area contributed by atoms with E-state index in [4.69, 9.17) is 0 Å². The van der Waals surface area contributed by atoms with Gasteiger partial charge in [0, 0.05) is 18.0 Å². The second-order valence-corrected chi connectivity index (χ2v) is 6.43. The van der Waals surface area contributed by atoms with Crippen LogP contribution in [0.4, 0.5) is 20.2 Å². The summed E-state index contributed by atoms with van der Waals surface area (Å²) >= 11 is 0. The third kappa shape index (κ3) is 4.58. The van der Waals surface area contributed by atoms with Crippen molar-refractivity contribution in [2.45, 2.75) is 0 Å². The van der Waals surface area contributed by atoms with E-state index in [2.05, 4.69) is 30.8 Å². The molecular formula is C21H14F2N6O2. The molecule has 8 nitrogen and oxygen atoms in total. The van der Waals surface area contributed by atoms with Crippen LogP contribution in [0.25, 0.3) is 11.1 Å². The van der Waals surface area contributed by atoms with Crippen molar-refractivity contribution in [3.63, 3.8) is 0 Å². The zero-order valence-corrected chi connectivity index (χ0v) is 15.8. The number of hydrogen-bond acceptors (Lipinski definition) is 5. The lowest BCUT2D eigenvalue weighted by Crippen LogP contribution is -2.18. The molecule has 0 aliphatic carbocycles. The molecule has 3 N–H and O–H groups in total. The number of benzene rings is 1. The van der Waals surface area contributed by atoms with Crippen molar-refractivity contribution in [1.29, 1.82) is 0 Å². The fourth-order valence-electron chi connectivity index (χ4n) is 2.81. The highest BCUT2D eigenvalue weighted by Gasteiger charge is 2.18. The lowest BCUT2D eigenvalue weighted by molar-refractivity contribution is 0.102. The van der Waals surface area contributed by atoms with Crippen LogP contribution in [-0.2, 0) is 0 Å². The van der Waals surface area contributed by atoms with E-state index in [1.807, 2.05) is 0 Å². The molecule has 0 spiro atoms. The summed E-state index contributed by atoms with van der Waals surface area (Å²) in [5, 5.41) is 11.4. The van der Waals surface area contributed by atoms with Gasteiger partial charge >= 0.3 is 0 Å². The van der Waals surface area contributed by atoms with Gasteiger partial charge in [-0.15, -0.1) is 0 Å². The SMILES string of the molecule is O=C(Nc1cn[nH]c1C(=O)Nc1cncc(-c2cccc(F)c2)c1)c1cncc(F)c1. The fraction of sp³-hybridized carbons (Fsp3) is 0. The molecule has 31 heavy (non-hydrogen) atoms. The van der Waals surface area contributed by atoms with E-state index in [1.54, 1.807) is 24.4 Å². The Kier molecular flexibility index (Phi) is 5.43. The van der Waals surface area contributed by atoms with Crippen molar-refractivity contribution in [3.05, 3.63) is 90.3 Å². The minimum absolute atomic E-state index is 0.0143. The van der Waals surface area contributed by atoms with Crippen LogP contribution in [0.3, 0.4) is 0 Å². The van der Waals surface area contributed by atoms with Crippen LogP contribution in [0, 0.1) is 11.6 Å². The van der Waals surface area contributed by atoms with Crippen LogP contribution in [0.5, 0.6) is 0 Å². The van der Waals surface area contributed by atoms with Crippen molar-refractivity contribution in [2.24, 2.45) is 0 Å². The number of anilines is 2. The number of amides is 2. The van der Waals surface area contributed by atoms with Gasteiger partial charge in [0.2, 0.25) is 0 Å². The molecule has 1 aromatic carbocycles. The molecule has 0 atom stereocenters. The third-order valence-corrected chi connectivity index (χ3v) is 4.24. The van der Waals surface area contributed by atoms with Crippen LogP contribution < -0.4 is 10.6 Å². The van der Waals surface area contributed by atoms with Gasteiger partial charge in [0.1, 0.15) is 17.3 Å². The first-order chi connectivity index (χ1) is 15.0. The molecule has 0 saturated carbocycles. The van der Waals surface area contributed by atoms with Crippen molar-refractivity contribution in [3.8, 4) is 11.1 Å². The number of pyridine rings is 2. The Hall–Kier alpha value is -4.47. The maximum Gasteiger partial charge on any atom is 0.275 e. The summed E-state index contributed by atoms with van der Waals surface area (Å²) in [4.78, 5) is 32.7. The Morgan fingerprint density at radius 1 is 0.806 bits per heavy atom. The molecule has 0 aliphatic heterocycles. The number of rotatable bonds is 5. The van der Waals surface area contributed by atoms with Crippen LogP contribution in [0.1, 0.15) is 20.8 Å². The lowest BCUT2D eigenvalue weighted by atomic mass is 10.1. The monoisotopic (exact) mass is 420 g/mol. The van der Waals surface area contributed by atoms with Crippen LogP contribution in [0.15, 0.2) is 67.4 Å². The molecule has 0 radical (unpaired) electrons. The highest BCUT2D eigenvalue weighted by molar-refractivity contribution is 6.11. The van der Waals surface area contributed by atoms with Crippen LogP contribution in [-0.4, -0.2) is 32.0 Å². The average molecular weight is 420 g/mol. The molecule has 2 amide bonds. The van der Waals surface area contributed by atoms with Crippen molar-refractivity contribution in [2.75, 3.05) is 10.6 Å². The Labute approximate surface area is 174 Å². The molecule has 4 rings (SSSR count). The quantitative estimate of drug-likeness (QED) is 0.456. The van der Waals surface area contributed by atoms with Crippen molar-refractivity contribution < 1.29 is 18.4 Å². The number of nitrogens with one attached hydrogen (secondary N) is 3. The number of halogens is 2. The van der Waals surface area contributed by atoms with Crippen LogP contribution >= 0.6 is 0 Å². The molecule has 0 unspecified atom stereocenters. The first kappa shape index (κ1) is 19.8. The summed E-state index contributed by atoms with van der Waals surface area (Å²) in [6.07, 6.45) is 6.38. The van der Waals surface area contributed by atoms with E-state index in [1.165, 1.54) is 30.7 Å². The second-order valence-electron chi connectivity index (χ2n) is 6.43. The molecule has 3 heterocycles. The van der Waals surface area contributed by atoms with E-state index in [0.29, 0.717) is 16.8 Å². The highest BCUT2D eigenvalue weighted by atomic mass is 19.1. The molecule has 0 aliphatic rings. The summed E-state index contributed by atoms with van der Waals surface area (Å²) < 4.78 is 26.8. The predicted octanol–water partition coefficient (Wildman–Crippen LogP) is 3.65. The van der Waals surface area contributed by atoms with Gasteiger partial charge in [-0.25, -0.2) is 8.78 Å². The first-order valence-electron chi connectivity index (χ1n) is 8.97. The number of aromatic nitrogens is 4. The first-order valence-corrected chi connectivity index (χ1v) is 8.97. The maximum atomic E-state index is 13.5. The molecule has 154 valence electrons. The lowest BCUT2D eigenvalue weighted by Gasteiger charge is -2.08. The number of aromatic amines is 1. The zero-order chi connectivity index (χ0) is 21.8.